The van der Waals surface area contributed by atoms with Crippen molar-refractivity contribution in [3.8, 4) is 0 Å². The molecule has 8 atom stereocenters. The zero-order valence-electron chi connectivity index (χ0n) is 10.7. The average Bonchev–Trinajstić information content (AvgIpc) is 3.12. The molecule has 126 valence electrons. The first-order valence-corrected chi connectivity index (χ1v) is 9.73. The summed E-state index contributed by atoms with van der Waals surface area (Å²) in [5, 5.41) is 0. The van der Waals surface area contributed by atoms with Crippen LogP contribution in [0.4, 0.5) is 0 Å². The highest BCUT2D eigenvalue weighted by Crippen LogP contribution is 3.09. The van der Waals surface area contributed by atoms with E-state index >= 15 is 0 Å². The van der Waals surface area contributed by atoms with Crippen molar-refractivity contribution in [1.82, 2.24) is 0 Å². The van der Waals surface area contributed by atoms with Gasteiger partial charge in [0.15, 0.2) is 20.4 Å². The van der Waals surface area contributed by atoms with Crippen LogP contribution in [0, 0.1) is 0 Å². The Morgan fingerprint density at radius 1 is 0.609 bits per heavy atom. The summed E-state index contributed by atoms with van der Waals surface area (Å²) in [4.78, 5) is -1.14. The molecule has 3 nitrogen and oxygen atoms in total. The van der Waals surface area contributed by atoms with Gasteiger partial charge < -0.3 is 9.47 Å². The van der Waals surface area contributed by atoms with Gasteiger partial charge in [0.1, 0.15) is 24.4 Å². The van der Waals surface area contributed by atoms with Crippen LogP contribution in [0.5, 0.6) is 0 Å². The molecular formula is C12H4Cl8O3. The molecule has 0 aromatic carbocycles. The summed E-state index contributed by atoms with van der Waals surface area (Å²) in [5.74, 6) is -2.45. The van der Waals surface area contributed by atoms with E-state index in [1.807, 2.05) is 0 Å². The molecule has 1 spiro atoms. The largest absolute Gasteiger partial charge is 0.344 e. The van der Waals surface area contributed by atoms with E-state index in [-0.39, 0.29) is 13.2 Å². The fourth-order valence-corrected chi connectivity index (χ4v) is 13.5. The van der Waals surface area contributed by atoms with Crippen molar-refractivity contribution in [2.45, 2.75) is 44.8 Å². The van der Waals surface area contributed by atoms with E-state index in [0.717, 1.165) is 0 Å². The molecule has 1 heterocycles. The van der Waals surface area contributed by atoms with Crippen molar-refractivity contribution < 1.29 is 14.3 Å². The maximum Gasteiger partial charge on any atom is 0.215 e. The van der Waals surface area contributed by atoms with Crippen molar-refractivity contribution in [2.24, 2.45) is 0 Å². The summed E-state index contributed by atoms with van der Waals surface area (Å²) in [6, 6.07) is 0. The van der Waals surface area contributed by atoms with Crippen LogP contribution in [-0.4, -0.2) is 63.8 Å². The lowest BCUT2D eigenvalue weighted by atomic mass is 9.37. The highest BCUT2D eigenvalue weighted by molar-refractivity contribution is 6.79. The number of ether oxygens (including phenoxy) is 2. The Hall–Kier alpha value is 1.91. The molecule has 8 unspecified atom stereocenters. The predicted octanol–water partition coefficient (Wildman–Crippen LogP) is 3.19. The topological polar surface area (TPSA) is 35.5 Å². The minimum atomic E-state index is -1.98. The third-order valence-corrected chi connectivity index (χ3v) is 14.5. The van der Waals surface area contributed by atoms with Crippen LogP contribution in [0.1, 0.15) is 0 Å². The molecule has 0 radical (unpaired) electrons. The van der Waals surface area contributed by atoms with Crippen LogP contribution in [0.3, 0.4) is 0 Å². The lowest BCUT2D eigenvalue weighted by Gasteiger charge is -2.84. The van der Waals surface area contributed by atoms with E-state index in [1.165, 1.54) is 0 Å². The lowest BCUT2D eigenvalue weighted by molar-refractivity contribution is -0.188. The Kier molecular flexibility index (Phi) is 2.19. The fraction of sp³-hybridized carbons (Fsp3) is 0.917. The predicted molar refractivity (Wildman–Crippen MR) is 88.3 cm³/mol. The molecular weight excluding hydrogens is 476 g/mol. The van der Waals surface area contributed by atoms with Crippen molar-refractivity contribution in [3.63, 3.8) is 0 Å². The monoisotopic (exact) mass is 476 g/mol. The number of Topliss-reactive ketones (excluding diaryl/α,β-unsaturated/α-hetero) is 1. The van der Waals surface area contributed by atoms with Gasteiger partial charge in [-0.1, -0.05) is 0 Å². The van der Waals surface area contributed by atoms with Crippen LogP contribution < -0.4 is 0 Å². The van der Waals surface area contributed by atoms with Gasteiger partial charge in [-0.05, 0) is 0 Å². The first-order valence-electron chi connectivity index (χ1n) is 6.70. The quantitative estimate of drug-likeness (QED) is 0.501. The molecule has 0 aromatic heterocycles. The fourth-order valence-electron chi connectivity index (χ4n) is 6.49. The minimum Gasteiger partial charge on any atom is -0.344 e. The second-order valence-electron chi connectivity index (χ2n) is 6.91. The number of hydrogen-bond donors (Lipinski definition) is 0. The van der Waals surface area contributed by atoms with E-state index in [2.05, 4.69) is 0 Å². The highest BCUT2D eigenvalue weighted by Gasteiger charge is 3.32. The lowest BCUT2D eigenvalue weighted by Crippen LogP contribution is -3.07. The number of alkyl halides is 8. The number of carbonyl (C=O) groups is 1. The molecule has 4 bridgehead atoms. The van der Waals surface area contributed by atoms with Gasteiger partial charge in [0.2, 0.25) is 5.79 Å². The number of hydrogen-bond acceptors (Lipinski definition) is 3. The molecule has 0 amide bonds. The summed E-state index contributed by atoms with van der Waals surface area (Å²) in [5.41, 5.74) is 0. The van der Waals surface area contributed by atoms with Gasteiger partial charge in [-0.15, -0.1) is 92.8 Å². The molecule has 1 aliphatic heterocycles. The van der Waals surface area contributed by atoms with E-state index in [4.69, 9.17) is 102 Å². The van der Waals surface area contributed by atoms with Gasteiger partial charge in [0.25, 0.3) is 0 Å². The molecule has 7 aliphatic rings. The van der Waals surface area contributed by atoms with Crippen molar-refractivity contribution in [3.05, 3.63) is 0 Å². The summed E-state index contributed by atoms with van der Waals surface area (Å²) in [6.45, 7) is 0.336. The third-order valence-electron chi connectivity index (χ3n) is 6.97. The molecule has 0 N–H and O–H groups in total. The number of rotatable bonds is 0. The molecule has 6 aliphatic carbocycles. The Labute approximate surface area is 170 Å². The average molecular weight is 480 g/mol. The second kappa shape index (κ2) is 3.17. The number of carbonyl (C=O) groups excluding carboxylic acids is 1. The Bertz CT molecular complexity index is 788. The normalized spacial score (nSPS) is 77.8. The van der Waals surface area contributed by atoms with Crippen molar-refractivity contribution in [2.75, 3.05) is 13.2 Å². The first-order chi connectivity index (χ1) is 10.4. The first kappa shape index (κ1) is 15.9. The molecule has 7 rings (SSSR count). The van der Waals surface area contributed by atoms with E-state index in [0.29, 0.717) is 0 Å². The molecule has 23 heavy (non-hydrogen) atoms. The second-order valence-corrected chi connectivity index (χ2v) is 11.4. The smallest absolute Gasteiger partial charge is 0.215 e. The van der Waals surface area contributed by atoms with Crippen molar-refractivity contribution >= 4 is 98.6 Å². The highest BCUT2D eigenvalue weighted by atomic mass is 35.5. The SMILES string of the molecule is O=C1C2(Cl)C3(Cl)C4(OCCO4)C4(Cl)C2(Cl)C2(Cl)C1(Cl)C3(Cl)C42Cl. The Morgan fingerprint density at radius 2 is 1.00 bits per heavy atom. The zero-order valence-corrected chi connectivity index (χ0v) is 16.7. The van der Waals surface area contributed by atoms with Crippen LogP contribution in [-0.2, 0) is 14.3 Å². The van der Waals surface area contributed by atoms with Crippen LogP contribution >= 0.6 is 92.8 Å². The maximum absolute atomic E-state index is 13.1. The van der Waals surface area contributed by atoms with Crippen molar-refractivity contribution in [1.29, 1.82) is 0 Å². The third kappa shape index (κ3) is 0.670. The molecule has 11 heteroatoms. The standard InChI is InChI=1S/C12H4Cl8O3/c13-4-3(21)5(14)7(16)6(4,15)10(19)8(4,17)9(5,18)12(11(7,10)20)22-1-2-23-12/h1-2H2. The summed E-state index contributed by atoms with van der Waals surface area (Å²) in [6.07, 6.45) is 0. The van der Waals surface area contributed by atoms with Crippen LogP contribution in [0.15, 0.2) is 0 Å². The van der Waals surface area contributed by atoms with Gasteiger partial charge in [0.05, 0.1) is 13.2 Å². The van der Waals surface area contributed by atoms with Gasteiger partial charge >= 0.3 is 0 Å². The molecule has 7 fully saturated rings. The molecule has 6 saturated carbocycles. The van der Waals surface area contributed by atoms with E-state index in [9.17, 15) is 4.79 Å². The van der Waals surface area contributed by atoms with Gasteiger partial charge in [-0.25, -0.2) is 0 Å². The number of halogens is 8. The van der Waals surface area contributed by atoms with Gasteiger partial charge in [-0.2, -0.15) is 0 Å². The molecule has 1 saturated heterocycles. The van der Waals surface area contributed by atoms with Crippen LogP contribution in [0.2, 0.25) is 0 Å². The Morgan fingerprint density at radius 3 is 1.52 bits per heavy atom. The zero-order chi connectivity index (χ0) is 16.9. The minimum absolute atomic E-state index is 0.168. The Balaban J connectivity index is 1.89. The number of ketones is 1. The van der Waals surface area contributed by atoms with Crippen LogP contribution in [0.25, 0.3) is 0 Å². The van der Waals surface area contributed by atoms with Gasteiger partial charge in [-0.3, -0.25) is 4.79 Å². The maximum atomic E-state index is 13.1. The summed E-state index contributed by atoms with van der Waals surface area (Å²) in [7, 11) is 0. The summed E-state index contributed by atoms with van der Waals surface area (Å²) < 4.78 is 11.6. The van der Waals surface area contributed by atoms with E-state index in [1.54, 1.807) is 0 Å². The summed E-state index contributed by atoms with van der Waals surface area (Å²) >= 11 is 54.5. The molecule has 0 aromatic rings. The van der Waals surface area contributed by atoms with Gasteiger partial charge in [0, 0.05) is 0 Å². The van der Waals surface area contributed by atoms with E-state index < -0.39 is 50.6 Å².